The molecule has 1 aliphatic heterocycles. The van der Waals surface area contributed by atoms with E-state index in [4.69, 9.17) is 4.74 Å². The lowest BCUT2D eigenvalue weighted by atomic mass is 10.1. The number of fused-ring (bicyclic) bond motifs is 1. The fourth-order valence-corrected chi connectivity index (χ4v) is 4.21. The molecule has 1 aliphatic rings. The van der Waals surface area contributed by atoms with Crippen molar-refractivity contribution in [3.63, 3.8) is 0 Å². The van der Waals surface area contributed by atoms with E-state index < -0.39 is 6.10 Å². The van der Waals surface area contributed by atoms with Gasteiger partial charge in [-0.3, -0.25) is 4.79 Å². The summed E-state index contributed by atoms with van der Waals surface area (Å²) in [6.45, 7) is 4.92. The molecule has 0 aromatic heterocycles. The number of nitrogens with zero attached hydrogens (tertiary/aromatic N) is 2. The van der Waals surface area contributed by atoms with Crippen molar-refractivity contribution in [3.05, 3.63) is 71.2 Å². The Labute approximate surface area is 173 Å². The summed E-state index contributed by atoms with van der Waals surface area (Å²) in [5.41, 5.74) is 1.21. The number of amides is 1. The number of para-hydroxylation sites is 1. The van der Waals surface area contributed by atoms with Crippen molar-refractivity contribution < 1.29 is 9.53 Å². The minimum absolute atomic E-state index is 0.0350. The summed E-state index contributed by atoms with van der Waals surface area (Å²) in [5.74, 6) is 0.732. The summed E-state index contributed by atoms with van der Waals surface area (Å²) in [6, 6.07) is 22.4. The zero-order valence-electron chi connectivity index (χ0n) is 15.8. The molecule has 144 valence electrons. The fourth-order valence-electron chi connectivity index (χ4n) is 3.63. The van der Waals surface area contributed by atoms with E-state index in [1.807, 2.05) is 60.4 Å². The van der Waals surface area contributed by atoms with E-state index in [2.05, 4.69) is 39.0 Å². The van der Waals surface area contributed by atoms with Crippen LogP contribution in [-0.2, 0) is 4.79 Å². The highest BCUT2D eigenvalue weighted by molar-refractivity contribution is 9.10. The number of carbonyl (C=O) groups excluding carboxylic acids is 1. The molecule has 0 bridgehead atoms. The van der Waals surface area contributed by atoms with Crippen molar-refractivity contribution in [2.45, 2.75) is 13.0 Å². The van der Waals surface area contributed by atoms with Crippen LogP contribution in [0.25, 0.3) is 10.8 Å². The fraction of sp³-hybridized carbons (Fsp3) is 0.261. The van der Waals surface area contributed by atoms with Crippen LogP contribution in [0.15, 0.2) is 71.2 Å². The normalized spacial score (nSPS) is 15.5. The van der Waals surface area contributed by atoms with Crippen LogP contribution in [0.4, 0.5) is 5.69 Å². The van der Waals surface area contributed by atoms with Crippen molar-refractivity contribution in [1.82, 2.24) is 4.90 Å². The molecule has 1 fully saturated rings. The van der Waals surface area contributed by atoms with Gasteiger partial charge in [0.05, 0.1) is 4.47 Å². The zero-order valence-corrected chi connectivity index (χ0v) is 17.4. The smallest absolute Gasteiger partial charge is 0.263 e. The number of carbonyl (C=O) groups is 1. The minimum Gasteiger partial charge on any atom is -0.480 e. The highest BCUT2D eigenvalue weighted by atomic mass is 79.9. The summed E-state index contributed by atoms with van der Waals surface area (Å²) in [4.78, 5) is 17.1. The second-order valence-electron chi connectivity index (χ2n) is 7.01. The third-order valence-electron chi connectivity index (χ3n) is 5.19. The summed E-state index contributed by atoms with van der Waals surface area (Å²) in [5, 5.41) is 2.22. The van der Waals surface area contributed by atoms with E-state index >= 15 is 0 Å². The van der Waals surface area contributed by atoms with Gasteiger partial charge in [0.1, 0.15) is 5.75 Å². The lowest BCUT2D eigenvalue weighted by Gasteiger charge is -2.37. The van der Waals surface area contributed by atoms with Gasteiger partial charge in [-0.25, -0.2) is 0 Å². The van der Waals surface area contributed by atoms with Gasteiger partial charge < -0.3 is 14.5 Å². The summed E-state index contributed by atoms with van der Waals surface area (Å²) in [6.07, 6.45) is -0.527. The first-order chi connectivity index (χ1) is 13.6. The van der Waals surface area contributed by atoms with Crippen molar-refractivity contribution >= 4 is 38.3 Å². The molecule has 1 heterocycles. The Bertz CT molecular complexity index is 969. The van der Waals surface area contributed by atoms with Crippen LogP contribution in [0.1, 0.15) is 6.92 Å². The van der Waals surface area contributed by atoms with Crippen LogP contribution in [-0.4, -0.2) is 43.1 Å². The molecule has 1 unspecified atom stereocenters. The van der Waals surface area contributed by atoms with E-state index in [0.717, 1.165) is 28.3 Å². The number of hydrogen-bond donors (Lipinski definition) is 0. The maximum absolute atomic E-state index is 12.9. The van der Waals surface area contributed by atoms with Crippen molar-refractivity contribution in [2.75, 3.05) is 31.1 Å². The molecule has 3 aromatic carbocycles. The number of hydrogen-bond acceptors (Lipinski definition) is 3. The number of halogens is 1. The lowest BCUT2D eigenvalue weighted by Crippen LogP contribution is -2.52. The maximum atomic E-state index is 12.9. The highest BCUT2D eigenvalue weighted by Crippen LogP contribution is 2.33. The number of anilines is 1. The van der Waals surface area contributed by atoms with Gasteiger partial charge in [0.15, 0.2) is 6.10 Å². The van der Waals surface area contributed by atoms with Crippen LogP contribution in [0.3, 0.4) is 0 Å². The van der Waals surface area contributed by atoms with E-state index in [9.17, 15) is 4.79 Å². The largest absolute Gasteiger partial charge is 0.480 e. The lowest BCUT2D eigenvalue weighted by molar-refractivity contribution is -0.138. The molecule has 0 N–H and O–H groups in total. The molecule has 1 amide bonds. The molecule has 0 radical (unpaired) electrons. The average molecular weight is 439 g/mol. The number of piperazine rings is 1. The Hall–Kier alpha value is -2.53. The third-order valence-corrected chi connectivity index (χ3v) is 6.01. The first-order valence-corrected chi connectivity index (χ1v) is 10.4. The number of rotatable bonds is 4. The van der Waals surface area contributed by atoms with Gasteiger partial charge in [-0.05, 0) is 51.8 Å². The first-order valence-electron chi connectivity index (χ1n) is 9.56. The highest BCUT2D eigenvalue weighted by Gasteiger charge is 2.26. The van der Waals surface area contributed by atoms with Crippen molar-refractivity contribution in [1.29, 1.82) is 0 Å². The number of ether oxygens (including phenoxy) is 1. The van der Waals surface area contributed by atoms with E-state index in [0.29, 0.717) is 18.8 Å². The molecule has 28 heavy (non-hydrogen) atoms. The Morgan fingerprint density at radius 1 is 0.929 bits per heavy atom. The SMILES string of the molecule is CC(Oc1ccc2ccccc2c1Br)C(=O)N1CCN(c2ccccc2)CC1. The van der Waals surface area contributed by atoms with E-state index in [1.54, 1.807) is 0 Å². The van der Waals surface area contributed by atoms with Crippen LogP contribution < -0.4 is 9.64 Å². The quantitative estimate of drug-likeness (QED) is 0.590. The second kappa shape index (κ2) is 8.23. The first kappa shape index (κ1) is 18.8. The molecule has 3 aromatic rings. The van der Waals surface area contributed by atoms with Crippen LogP contribution in [0.5, 0.6) is 5.75 Å². The molecule has 1 atom stereocenters. The topological polar surface area (TPSA) is 32.8 Å². The Kier molecular flexibility index (Phi) is 5.53. The molecule has 1 saturated heterocycles. The van der Waals surface area contributed by atoms with Crippen LogP contribution in [0, 0.1) is 0 Å². The number of benzene rings is 3. The second-order valence-corrected chi connectivity index (χ2v) is 7.80. The van der Waals surface area contributed by atoms with Gasteiger partial charge in [-0.1, -0.05) is 48.5 Å². The predicted octanol–water partition coefficient (Wildman–Crippen LogP) is 4.72. The third kappa shape index (κ3) is 3.85. The molecule has 5 heteroatoms. The monoisotopic (exact) mass is 438 g/mol. The van der Waals surface area contributed by atoms with E-state index in [1.165, 1.54) is 5.69 Å². The Morgan fingerprint density at radius 3 is 2.36 bits per heavy atom. The van der Waals surface area contributed by atoms with Crippen LogP contribution in [0.2, 0.25) is 0 Å². The van der Waals surface area contributed by atoms with Gasteiger partial charge in [0, 0.05) is 31.9 Å². The van der Waals surface area contributed by atoms with Crippen LogP contribution >= 0.6 is 15.9 Å². The molecule has 4 rings (SSSR count). The van der Waals surface area contributed by atoms with Gasteiger partial charge in [-0.15, -0.1) is 0 Å². The molecule has 0 aliphatic carbocycles. The van der Waals surface area contributed by atoms with Crippen molar-refractivity contribution in [3.8, 4) is 5.75 Å². The standard InChI is InChI=1S/C23H23BrN2O2/c1-17(28-21-12-11-18-7-5-6-10-20(18)22(21)24)23(27)26-15-13-25(14-16-26)19-8-3-2-4-9-19/h2-12,17H,13-16H2,1H3. The Balaban J connectivity index is 1.40. The average Bonchev–Trinajstić information content (AvgIpc) is 2.76. The molecule has 0 spiro atoms. The van der Waals surface area contributed by atoms with Gasteiger partial charge in [0.25, 0.3) is 5.91 Å². The molecule has 0 saturated carbocycles. The molecule has 4 nitrogen and oxygen atoms in total. The molecular weight excluding hydrogens is 416 g/mol. The van der Waals surface area contributed by atoms with E-state index in [-0.39, 0.29) is 5.91 Å². The predicted molar refractivity (Wildman–Crippen MR) is 117 cm³/mol. The summed E-state index contributed by atoms with van der Waals surface area (Å²) in [7, 11) is 0. The summed E-state index contributed by atoms with van der Waals surface area (Å²) < 4.78 is 6.92. The zero-order chi connectivity index (χ0) is 19.5. The Morgan fingerprint density at radius 2 is 1.61 bits per heavy atom. The maximum Gasteiger partial charge on any atom is 0.263 e. The van der Waals surface area contributed by atoms with Crippen molar-refractivity contribution in [2.24, 2.45) is 0 Å². The van der Waals surface area contributed by atoms with Gasteiger partial charge in [-0.2, -0.15) is 0 Å². The van der Waals surface area contributed by atoms with Gasteiger partial charge >= 0.3 is 0 Å². The van der Waals surface area contributed by atoms with Gasteiger partial charge in [0.2, 0.25) is 0 Å². The molecular formula is C23H23BrN2O2. The summed E-state index contributed by atoms with van der Waals surface area (Å²) >= 11 is 3.63. The minimum atomic E-state index is -0.527.